The van der Waals surface area contributed by atoms with Crippen molar-refractivity contribution in [1.82, 2.24) is 20.1 Å². The Labute approximate surface area is 157 Å². The Hall–Kier alpha value is -2.35. The highest BCUT2D eigenvalue weighted by Crippen LogP contribution is 2.17. The molecule has 0 aromatic carbocycles. The molecule has 3 heterocycles. The maximum absolute atomic E-state index is 12.3. The van der Waals surface area contributed by atoms with Crippen LogP contribution < -0.4 is 5.32 Å². The minimum atomic E-state index is -0.0476. The average molecular weight is 375 g/mol. The van der Waals surface area contributed by atoms with Gasteiger partial charge in [0.2, 0.25) is 0 Å². The molecule has 1 N–H and O–H groups in total. The molecule has 26 heavy (non-hydrogen) atoms. The highest BCUT2D eigenvalue weighted by Gasteiger charge is 2.25. The van der Waals surface area contributed by atoms with Crippen molar-refractivity contribution in [2.45, 2.75) is 20.3 Å². The number of rotatable bonds is 4. The van der Waals surface area contributed by atoms with E-state index < -0.39 is 0 Å². The number of carbonyl (C=O) groups is 1. The van der Waals surface area contributed by atoms with Gasteiger partial charge in [-0.3, -0.25) is 9.79 Å². The summed E-state index contributed by atoms with van der Waals surface area (Å²) >= 11 is 1.75. The highest BCUT2D eigenvalue weighted by atomic mass is 32.1. The molecule has 0 bridgehead atoms. The lowest BCUT2D eigenvalue weighted by Gasteiger charge is -2.36. The largest absolute Gasteiger partial charge is 0.459 e. The Morgan fingerprint density at radius 1 is 1.31 bits per heavy atom. The number of piperazine rings is 1. The number of guanidine groups is 1. The maximum atomic E-state index is 12.3. The first-order chi connectivity index (χ1) is 12.6. The van der Waals surface area contributed by atoms with Crippen molar-refractivity contribution in [3.8, 4) is 0 Å². The van der Waals surface area contributed by atoms with Crippen LogP contribution in [0.1, 0.15) is 26.1 Å². The maximum Gasteiger partial charge on any atom is 0.289 e. The first-order valence-electron chi connectivity index (χ1n) is 8.79. The summed E-state index contributed by atoms with van der Waals surface area (Å²) in [6.07, 6.45) is 2.47. The molecule has 3 rings (SSSR count). The van der Waals surface area contributed by atoms with E-state index in [1.165, 1.54) is 11.1 Å². The van der Waals surface area contributed by atoms with Crippen LogP contribution in [0.4, 0.5) is 0 Å². The fourth-order valence-electron chi connectivity index (χ4n) is 3.10. The van der Waals surface area contributed by atoms with Gasteiger partial charge in [0.25, 0.3) is 5.91 Å². The summed E-state index contributed by atoms with van der Waals surface area (Å²) in [7, 11) is 1.80. The summed E-state index contributed by atoms with van der Waals surface area (Å²) in [6, 6.07) is 3.44. The SMILES string of the molecule is CN=C(NCCc1sc(C)nc1C)N1CCN(C(=O)c2ccco2)CC1. The second-order valence-corrected chi connectivity index (χ2v) is 7.51. The zero-order valence-corrected chi connectivity index (χ0v) is 16.3. The molecule has 0 unspecified atom stereocenters. The van der Waals surface area contributed by atoms with Gasteiger partial charge in [-0.25, -0.2) is 4.98 Å². The zero-order valence-electron chi connectivity index (χ0n) is 15.5. The molecule has 0 aliphatic carbocycles. The van der Waals surface area contributed by atoms with E-state index in [4.69, 9.17) is 4.42 Å². The minimum absolute atomic E-state index is 0.0476. The van der Waals surface area contributed by atoms with Crippen molar-refractivity contribution < 1.29 is 9.21 Å². The fraction of sp³-hybridized carbons (Fsp3) is 0.500. The standard InChI is InChI=1S/C18H25N5O2S/c1-13-16(26-14(2)21-13)6-7-20-18(19-3)23-10-8-22(9-11-23)17(24)15-5-4-12-25-15/h4-5,12H,6-11H2,1-3H3,(H,19,20). The Morgan fingerprint density at radius 3 is 2.62 bits per heavy atom. The molecular weight excluding hydrogens is 350 g/mol. The zero-order chi connectivity index (χ0) is 18.5. The van der Waals surface area contributed by atoms with E-state index in [0.29, 0.717) is 18.8 Å². The Balaban J connectivity index is 1.48. The molecule has 0 spiro atoms. The van der Waals surface area contributed by atoms with Gasteiger partial charge in [-0.2, -0.15) is 0 Å². The molecule has 1 amide bonds. The lowest BCUT2D eigenvalue weighted by molar-refractivity contribution is 0.0658. The number of aliphatic imine (C=N–C) groups is 1. The number of nitrogens with zero attached hydrogens (tertiary/aromatic N) is 4. The predicted octanol–water partition coefficient (Wildman–Crippen LogP) is 1.93. The van der Waals surface area contributed by atoms with E-state index in [1.807, 2.05) is 11.8 Å². The molecular formula is C18H25N5O2S. The second kappa shape index (κ2) is 8.35. The summed E-state index contributed by atoms with van der Waals surface area (Å²) in [6.45, 7) is 7.75. The number of furan rings is 1. The van der Waals surface area contributed by atoms with Gasteiger partial charge in [-0.1, -0.05) is 0 Å². The van der Waals surface area contributed by atoms with Crippen LogP contribution in [0.2, 0.25) is 0 Å². The van der Waals surface area contributed by atoms with Crippen LogP contribution >= 0.6 is 11.3 Å². The molecule has 8 heteroatoms. The van der Waals surface area contributed by atoms with Gasteiger partial charge in [0, 0.05) is 51.1 Å². The van der Waals surface area contributed by atoms with E-state index in [9.17, 15) is 4.79 Å². The number of carbonyl (C=O) groups excluding carboxylic acids is 1. The first kappa shape index (κ1) is 18.4. The van der Waals surface area contributed by atoms with Gasteiger partial charge in [0.15, 0.2) is 11.7 Å². The van der Waals surface area contributed by atoms with E-state index in [-0.39, 0.29) is 5.91 Å². The molecule has 0 saturated carbocycles. The number of nitrogens with one attached hydrogen (secondary N) is 1. The molecule has 0 atom stereocenters. The Morgan fingerprint density at radius 2 is 2.04 bits per heavy atom. The number of hydrogen-bond acceptors (Lipinski definition) is 5. The van der Waals surface area contributed by atoms with Crippen LogP contribution in [-0.2, 0) is 6.42 Å². The van der Waals surface area contributed by atoms with Crippen molar-refractivity contribution in [2.75, 3.05) is 39.8 Å². The van der Waals surface area contributed by atoms with Gasteiger partial charge in [0.1, 0.15) is 0 Å². The van der Waals surface area contributed by atoms with Crippen molar-refractivity contribution in [3.05, 3.63) is 39.7 Å². The summed E-state index contributed by atoms with van der Waals surface area (Å²) in [5, 5.41) is 4.54. The number of hydrogen-bond donors (Lipinski definition) is 1. The highest BCUT2D eigenvalue weighted by molar-refractivity contribution is 7.11. The van der Waals surface area contributed by atoms with Crippen LogP contribution in [0.15, 0.2) is 27.8 Å². The first-order valence-corrected chi connectivity index (χ1v) is 9.61. The van der Waals surface area contributed by atoms with Gasteiger partial charge in [-0.05, 0) is 26.0 Å². The van der Waals surface area contributed by atoms with Crippen molar-refractivity contribution in [2.24, 2.45) is 4.99 Å². The smallest absolute Gasteiger partial charge is 0.289 e. The van der Waals surface area contributed by atoms with Crippen LogP contribution in [0, 0.1) is 13.8 Å². The number of thiazole rings is 1. The van der Waals surface area contributed by atoms with Crippen LogP contribution in [0.3, 0.4) is 0 Å². The van der Waals surface area contributed by atoms with Crippen LogP contribution in [-0.4, -0.2) is 66.4 Å². The van der Waals surface area contributed by atoms with Gasteiger partial charge in [-0.15, -0.1) is 11.3 Å². The fourth-order valence-corrected chi connectivity index (χ4v) is 4.04. The van der Waals surface area contributed by atoms with Crippen molar-refractivity contribution in [1.29, 1.82) is 0 Å². The molecule has 7 nitrogen and oxygen atoms in total. The van der Waals surface area contributed by atoms with E-state index in [1.54, 1.807) is 30.5 Å². The lowest BCUT2D eigenvalue weighted by Crippen LogP contribution is -2.53. The summed E-state index contributed by atoms with van der Waals surface area (Å²) in [5.74, 6) is 1.24. The van der Waals surface area contributed by atoms with Gasteiger partial charge >= 0.3 is 0 Å². The molecule has 140 valence electrons. The quantitative estimate of drug-likeness (QED) is 0.653. The number of aromatic nitrogens is 1. The number of aryl methyl sites for hydroxylation is 2. The summed E-state index contributed by atoms with van der Waals surface area (Å²) in [4.78, 5) is 26.5. The second-order valence-electron chi connectivity index (χ2n) is 6.22. The van der Waals surface area contributed by atoms with E-state index >= 15 is 0 Å². The van der Waals surface area contributed by atoms with E-state index in [0.717, 1.165) is 42.7 Å². The topological polar surface area (TPSA) is 74.0 Å². The molecule has 1 saturated heterocycles. The van der Waals surface area contributed by atoms with Gasteiger partial charge in [0.05, 0.1) is 17.0 Å². The predicted molar refractivity (Wildman–Crippen MR) is 103 cm³/mol. The van der Waals surface area contributed by atoms with Crippen molar-refractivity contribution >= 4 is 23.2 Å². The monoisotopic (exact) mass is 375 g/mol. The van der Waals surface area contributed by atoms with Crippen molar-refractivity contribution in [3.63, 3.8) is 0 Å². The minimum Gasteiger partial charge on any atom is -0.459 e. The Kier molecular flexibility index (Phi) is 5.92. The van der Waals surface area contributed by atoms with Crippen LogP contribution in [0.5, 0.6) is 0 Å². The van der Waals surface area contributed by atoms with E-state index in [2.05, 4.69) is 27.1 Å². The third kappa shape index (κ3) is 4.24. The average Bonchev–Trinajstić information content (AvgIpc) is 3.28. The third-order valence-corrected chi connectivity index (χ3v) is 5.58. The van der Waals surface area contributed by atoms with Gasteiger partial charge < -0.3 is 19.5 Å². The molecule has 2 aromatic heterocycles. The third-order valence-electron chi connectivity index (χ3n) is 4.44. The number of amides is 1. The lowest BCUT2D eigenvalue weighted by atomic mass is 10.3. The molecule has 1 fully saturated rings. The molecule has 1 aliphatic heterocycles. The van der Waals surface area contributed by atoms with Crippen LogP contribution in [0.25, 0.3) is 0 Å². The summed E-state index contributed by atoms with van der Waals surface area (Å²) in [5.41, 5.74) is 1.12. The molecule has 0 radical (unpaired) electrons. The summed E-state index contributed by atoms with van der Waals surface area (Å²) < 4.78 is 5.21. The molecule has 1 aliphatic rings. The Bertz CT molecular complexity index is 761. The molecule has 2 aromatic rings. The normalized spacial score (nSPS) is 15.4.